The van der Waals surface area contributed by atoms with Gasteiger partial charge in [-0.05, 0) is 17.7 Å². The van der Waals surface area contributed by atoms with E-state index in [9.17, 15) is 26.4 Å². The number of hydrogen-bond acceptors (Lipinski definition) is 4. The fraction of sp³-hybridized carbons (Fsp3) is 0.200. The molecule has 0 bridgehead atoms. The zero-order chi connectivity index (χ0) is 22.1. The van der Waals surface area contributed by atoms with Gasteiger partial charge in [0, 0.05) is 24.6 Å². The van der Waals surface area contributed by atoms with Gasteiger partial charge in [0.2, 0.25) is 0 Å². The van der Waals surface area contributed by atoms with Crippen LogP contribution in [0.2, 0.25) is 5.02 Å². The smallest absolute Gasteiger partial charge is 0.327 e. The first-order valence-electron chi connectivity index (χ1n) is 8.64. The summed E-state index contributed by atoms with van der Waals surface area (Å²) in [5.41, 5.74) is -1.28. The van der Waals surface area contributed by atoms with Crippen LogP contribution in [-0.4, -0.2) is 24.2 Å². The Morgan fingerprint density at radius 1 is 1.07 bits per heavy atom. The number of sulfone groups is 1. The molecule has 0 saturated carbocycles. The van der Waals surface area contributed by atoms with E-state index in [0.717, 1.165) is 17.9 Å². The van der Waals surface area contributed by atoms with Crippen LogP contribution >= 0.6 is 11.6 Å². The minimum Gasteiger partial charge on any atom is -0.327 e. The monoisotopic (exact) mass is 456 g/mol. The van der Waals surface area contributed by atoms with Crippen LogP contribution in [0.15, 0.2) is 59.5 Å². The lowest BCUT2D eigenvalue weighted by Crippen LogP contribution is -2.22. The summed E-state index contributed by atoms with van der Waals surface area (Å²) in [5, 5.41) is -0.588. The van der Waals surface area contributed by atoms with Gasteiger partial charge in [-0.25, -0.2) is 8.42 Å². The number of alkyl halides is 3. The van der Waals surface area contributed by atoms with Gasteiger partial charge in [-0.2, -0.15) is 18.2 Å². The number of hydrogen-bond donors (Lipinski definition) is 0. The van der Waals surface area contributed by atoms with E-state index in [2.05, 4.69) is 4.98 Å². The minimum atomic E-state index is -4.69. The lowest BCUT2D eigenvalue weighted by atomic mass is 10.1. The first kappa shape index (κ1) is 22.0. The number of nitrogens with zero attached hydrogens (tertiary/aromatic N) is 2. The molecular formula is C20H16ClF3N2O3S. The topological polar surface area (TPSA) is 69.0 Å². The second-order valence-electron chi connectivity index (χ2n) is 6.74. The summed E-state index contributed by atoms with van der Waals surface area (Å²) in [6.45, 7) is 0.146. The molecule has 1 aromatic heterocycles. The van der Waals surface area contributed by atoms with Crippen molar-refractivity contribution in [3.8, 4) is 11.4 Å². The Kier molecular flexibility index (Phi) is 6.05. The van der Waals surface area contributed by atoms with Gasteiger partial charge in [-0.15, -0.1) is 0 Å². The second-order valence-corrected chi connectivity index (χ2v) is 9.26. The molecule has 2 aromatic carbocycles. The molecule has 1 heterocycles. The van der Waals surface area contributed by atoms with Crippen molar-refractivity contribution in [3.63, 3.8) is 0 Å². The SMILES string of the molecule is CS(=O)(=O)Cc1cn(Cc2ccccc2)c(-c2cccc(C(F)(F)F)c2Cl)nc1=O. The average molecular weight is 457 g/mol. The maximum absolute atomic E-state index is 13.3. The van der Waals surface area contributed by atoms with E-state index in [1.165, 1.54) is 22.9 Å². The molecule has 0 aliphatic carbocycles. The molecule has 0 aliphatic rings. The molecule has 0 fully saturated rings. The van der Waals surface area contributed by atoms with Crippen molar-refractivity contribution in [3.05, 3.63) is 86.8 Å². The molecule has 0 atom stereocenters. The highest BCUT2D eigenvalue weighted by Crippen LogP contribution is 2.39. The number of benzene rings is 2. The van der Waals surface area contributed by atoms with E-state index in [1.54, 1.807) is 30.3 Å². The van der Waals surface area contributed by atoms with Gasteiger partial charge in [0.05, 0.1) is 21.9 Å². The van der Waals surface area contributed by atoms with Crippen LogP contribution in [0, 0.1) is 0 Å². The molecule has 30 heavy (non-hydrogen) atoms. The molecule has 0 spiro atoms. The Labute approximate surface area is 175 Å². The maximum atomic E-state index is 13.3. The van der Waals surface area contributed by atoms with Crippen molar-refractivity contribution >= 4 is 21.4 Å². The normalized spacial score (nSPS) is 12.2. The van der Waals surface area contributed by atoms with Gasteiger partial charge in [0.25, 0.3) is 5.56 Å². The molecule has 0 radical (unpaired) electrons. The largest absolute Gasteiger partial charge is 0.417 e. The van der Waals surface area contributed by atoms with Crippen LogP contribution in [0.5, 0.6) is 0 Å². The van der Waals surface area contributed by atoms with Gasteiger partial charge in [-0.3, -0.25) is 4.79 Å². The quantitative estimate of drug-likeness (QED) is 0.577. The molecule has 0 saturated heterocycles. The predicted molar refractivity (Wildman–Crippen MR) is 108 cm³/mol. The standard InChI is InChI=1S/C20H16ClF3N2O3S/c1-30(28,29)12-14-11-26(10-13-6-3-2-4-7-13)18(25-19(14)27)15-8-5-9-16(17(15)21)20(22,23)24/h2-9,11H,10,12H2,1H3. The van der Waals surface area contributed by atoms with E-state index >= 15 is 0 Å². The summed E-state index contributed by atoms with van der Waals surface area (Å²) in [6, 6.07) is 12.3. The Balaban J connectivity index is 2.23. The minimum absolute atomic E-state index is 0.0783. The fourth-order valence-corrected chi connectivity index (χ4v) is 4.04. The van der Waals surface area contributed by atoms with Gasteiger partial charge >= 0.3 is 6.18 Å². The van der Waals surface area contributed by atoms with Crippen LogP contribution in [0.1, 0.15) is 16.7 Å². The predicted octanol–water partition coefficient (Wildman–Crippen LogP) is 4.18. The first-order valence-corrected chi connectivity index (χ1v) is 11.1. The van der Waals surface area contributed by atoms with Crippen LogP contribution in [0.25, 0.3) is 11.4 Å². The van der Waals surface area contributed by atoms with Crippen molar-refractivity contribution in [2.75, 3.05) is 6.26 Å². The van der Waals surface area contributed by atoms with E-state index in [-0.39, 0.29) is 23.5 Å². The summed E-state index contributed by atoms with van der Waals surface area (Å²) in [7, 11) is -3.53. The van der Waals surface area contributed by atoms with Gasteiger partial charge in [0.15, 0.2) is 9.84 Å². The lowest BCUT2D eigenvalue weighted by Gasteiger charge is -2.17. The lowest BCUT2D eigenvalue weighted by molar-refractivity contribution is -0.137. The molecule has 3 aromatic rings. The highest BCUT2D eigenvalue weighted by atomic mass is 35.5. The summed E-state index contributed by atoms with van der Waals surface area (Å²) >= 11 is 6.03. The molecular weight excluding hydrogens is 441 g/mol. The molecule has 0 aliphatic heterocycles. The van der Waals surface area contributed by atoms with Gasteiger partial charge in [0.1, 0.15) is 5.82 Å². The van der Waals surface area contributed by atoms with E-state index < -0.39 is 37.9 Å². The summed E-state index contributed by atoms with van der Waals surface area (Å²) in [5.74, 6) is -0.623. The van der Waals surface area contributed by atoms with Crippen molar-refractivity contribution in [1.29, 1.82) is 0 Å². The molecule has 0 unspecified atom stereocenters. The highest BCUT2D eigenvalue weighted by molar-refractivity contribution is 7.89. The summed E-state index contributed by atoms with van der Waals surface area (Å²) < 4.78 is 64.6. The summed E-state index contributed by atoms with van der Waals surface area (Å²) in [6.07, 6.45) is -2.41. The number of aromatic nitrogens is 2. The Bertz CT molecular complexity index is 1240. The molecule has 0 amide bonds. The van der Waals surface area contributed by atoms with Crippen LogP contribution in [0.4, 0.5) is 13.2 Å². The summed E-state index contributed by atoms with van der Waals surface area (Å²) in [4.78, 5) is 16.3. The molecule has 5 nitrogen and oxygen atoms in total. The third kappa shape index (κ3) is 5.09. The zero-order valence-corrected chi connectivity index (χ0v) is 17.2. The first-order chi connectivity index (χ1) is 14.0. The fourth-order valence-electron chi connectivity index (χ4n) is 2.96. The van der Waals surface area contributed by atoms with E-state index in [1.807, 2.05) is 0 Å². The van der Waals surface area contributed by atoms with Crippen molar-refractivity contribution in [1.82, 2.24) is 9.55 Å². The maximum Gasteiger partial charge on any atom is 0.417 e. The number of halogens is 4. The van der Waals surface area contributed by atoms with Crippen molar-refractivity contribution in [2.45, 2.75) is 18.5 Å². The molecule has 3 rings (SSSR count). The zero-order valence-electron chi connectivity index (χ0n) is 15.6. The average Bonchev–Trinajstić information content (AvgIpc) is 2.63. The Morgan fingerprint density at radius 2 is 1.73 bits per heavy atom. The van der Waals surface area contributed by atoms with E-state index in [4.69, 9.17) is 11.6 Å². The van der Waals surface area contributed by atoms with Crippen LogP contribution < -0.4 is 5.56 Å². The Hall–Kier alpha value is -2.65. The third-order valence-corrected chi connectivity index (χ3v) is 5.47. The molecule has 0 N–H and O–H groups in total. The highest BCUT2D eigenvalue weighted by Gasteiger charge is 2.34. The second kappa shape index (κ2) is 8.23. The molecule has 158 valence electrons. The van der Waals surface area contributed by atoms with E-state index in [0.29, 0.717) is 0 Å². The van der Waals surface area contributed by atoms with Gasteiger partial charge < -0.3 is 4.57 Å². The van der Waals surface area contributed by atoms with Crippen molar-refractivity contribution < 1.29 is 21.6 Å². The third-order valence-electron chi connectivity index (χ3n) is 4.22. The Morgan fingerprint density at radius 3 is 2.33 bits per heavy atom. The van der Waals surface area contributed by atoms with Crippen LogP contribution in [-0.2, 0) is 28.3 Å². The number of rotatable bonds is 5. The van der Waals surface area contributed by atoms with Gasteiger partial charge in [-0.1, -0.05) is 48.0 Å². The molecule has 10 heteroatoms. The van der Waals surface area contributed by atoms with Crippen LogP contribution in [0.3, 0.4) is 0 Å². The van der Waals surface area contributed by atoms with Crippen molar-refractivity contribution in [2.24, 2.45) is 0 Å².